The van der Waals surface area contributed by atoms with Crippen LogP contribution in [0.2, 0.25) is 10.3 Å². The van der Waals surface area contributed by atoms with Crippen LogP contribution < -0.4 is 0 Å². The molecule has 86 valence electrons. The number of allylic oxidation sites excluding steroid dienone is 1. The Bertz CT molecular complexity index is 540. The van der Waals surface area contributed by atoms with Crippen molar-refractivity contribution < 1.29 is 0 Å². The number of aromatic nitrogens is 2. The zero-order valence-corrected chi connectivity index (χ0v) is 10.5. The largest absolute Gasteiger partial charge is 0.245 e. The topological polar surface area (TPSA) is 25.8 Å². The molecule has 0 spiro atoms. The summed E-state index contributed by atoms with van der Waals surface area (Å²) in [5, 5.41) is 0.930. The van der Waals surface area contributed by atoms with Crippen molar-refractivity contribution in [3.63, 3.8) is 0 Å². The van der Waals surface area contributed by atoms with Crippen LogP contribution in [0.4, 0.5) is 0 Å². The van der Waals surface area contributed by atoms with E-state index in [1.165, 1.54) is 0 Å². The summed E-state index contributed by atoms with van der Waals surface area (Å²) in [5.74, 6) is -0.0308. The molecule has 17 heavy (non-hydrogen) atoms. The molecule has 1 unspecified atom stereocenters. The summed E-state index contributed by atoms with van der Waals surface area (Å²) in [7, 11) is 0. The Morgan fingerprint density at radius 2 is 2.00 bits per heavy atom. The summed E-state index contributed by atoms with van der Waals surface area (Å²) in [6.45, 7) is 3.83. The second-order valence-corrected chi connectivity index (χ2v) is 4.25. The molecular weight excluding hydrogens is 255 g/mol. The van der Waals surface area contributed by atoms with E-state index < -0.39 is 0 Å². The fourth-order valence-corrected chi connectivity index (χ4v) is 2.10. The van der Waals surface area contributed by atoms with Gasteiger partial charge >= 0.3 is 0 Å². The highest BCUT2D eigenvalue weighted by atomic mass is 35.5. The van der Waals surface area contributed by atoms with Gasteiger partial charge in [0.1, 0.15) is 10.3 Å². The second kappa shape index (κ2) is 5.30. The molecule has 0 N–H and O–H groups in total. The summed E-state index contributed by atoms with van der Waals surface area (Å²) in [6.07, 6.45) is 5.14. The number of halogens is 2. The van der Waals surface area contributed by atoms with Crippen LogP contribution >= 0.6 is 23.2 Å². The lowest BCUT2D eigenvalue weighted by Gasteiger charge is -2.14. The van der Waals surface area contributed by atoms with Crippen molar-refractivity contribution in [2.45, 2.75) is 5.92 Å². The summed E-state index contributed by atoms with van der Waals surface area (Å²) < 4.78 is 0. The molecular formula is C13H10Cl2N2. The quantitative estimate of drug-likeness (QED) is 0.616. The van der Waals surface area contributed by atoms with E-state index in [0.717, 1.165) is 11.1 Å². The van der Waals surface area contributed by atoms with Crippen LogP contribution in [0.5, 0.6) is 0 Å². The van der Waals surface area contributed by atoms with Gasteiger partial charge in [0.2, 0.25) is 0 Å². The lowest BCUT2D eigenvalue weighted by atomic mass is 9.93. The minimum atomic E-state index is -0.0308. The molecule has 2 aromatic heterocycles. The van der Waals surface area contributed by atoms with E-state index in [-0.39, 0.29) is 5.92 Å². The van der Waals surface area contributed by atoms with E-state index in [0.29, 0.717) is 10.3 Å². The van der Waals surface area contributed by atoms with Gasteiger partial charge in [-0.1, -0.05) is 35.3 Å². The van der Waals surface area contributed by atoms with Gasteiger partial charge in [-0.3, -0.25) is 0 Å². The van der Waals surface area contributed by atoms with E-state index >= 15 is 0 Å². The van der Waals surface area contributed by atoms with E-state index in [9.17, 15) is 0 Å². The lowest BCUT2D eigenvalue weighted by molar-refractivity contribution is 1.00. The Morgan fingerprint density at radius 3 is 2.65 bits per heavy atom. The fraction of sp³-hybridized carbons (Fsp3) is 0.0769. The zero-order chi connectivity index (χ0) is 12.3. The van der Waals surface area contributed by atoms with Crippen LogP contribution in [0.15, 0.2) is 49.3 Å². The molecule has 0 saturated carbocycles. The van der Waals surface area contributed by atoms with Gasteiger partial charge in [-0.15, -0.1) is 6.58 Å². The first-order chi connectivity index (χ1) is 8.22. The third kappa shape index (κ3) is 2.65. The highest BCUT2D eigenvalue weighted by Gasteiger charge is 2.14. The fourth-order valence-electron chi connectivity index (χ4n) is 1.68. The lowest BCUT2D eigenvalue weighted by Crippen LogP contribution is -1.99. The third-order valence-corrected chi connectivity index (χ3v) is 2.99. The molecule has 0 aliphatic rings. The maximum absolute atomic E-state index is 6.08. The number of nitrogens with zero attached hydrogens (tertiary/aromatic N) is 2. The van der Waals surface area contributed by atoms with Crippen LogP contribution in [-0.4, -0.2) is 9.97 Å². The Morgan fingerprint density at radius 1 is 1.18 bits per heavy atom. The first-order valence-corrected chi connectivity index (χ1v) is 5.82. The standard InChI is InChI=1S/C13H10Cl2N2/c1-2-10(9-5-7-16-12(14)8-9)11-4-3-6-17-13(11)15/h2-8,10H,1H2. The predicted octanol–water partition coefficient (Wildman–Crippen LogP) is 4.10. The number of hydrogen-bond acceptors (Lipinski definition) is 2. The second-order valence-electron chi connectivity index (χ2n) is 3.51. The number of pyridine rings is 2. The molecule has 0 bridgehead atoms. The maximum Gasteiger partial charge on any atom is 0.133 e. The van der Waals surface area contributed by atoms with Crippen LogP contribution in [0.1, 0.15) is 17.0 Å². The molecule has 2 rings (SSSR count). The Balaban J connectivity index is 2.48. The van der Waals surface area contributed by atoms with Gasteiger partial charge in [-0.2, -0.15) is 0 Å². The molecule has 2 heterocycles. The summed E-state index contributed by atoms with van der Waals surface area (Å²) in [5.41, 5.74) is 1.90. The van der Waals surface area contributed by atoms with Gasteiger partial charge in [-0.05, 0) is 23.8 Å². The molecule has 4 heteroatoms. The first kappa shape index (κ1) is 12.1. The zero-order valence-electron chi connectivity index (χ0n) is 8.98. The van der Waals surface area contributed by atoms with Crippen LogP contribution in [0.25, 0.3) is 0 Å². The smallest absolute Gasteiger partial charge is 0.133 e. The van der Waals surface area contributed by atoms with Crippen molar-refractivity contribution >= 4 is 23.2 Å². The monoisotopic (exact) mass is 264 g/mol. The van der Waals surface area contributed by atoms with Gasteiger partial charge in [0.25, 0.3) is 0 Å². The first-order valence-electron chi connectivity index (χ1n) is 5.07. The van der Waals surface area contributed by atoms with Gasteiger partial charge in [0, 0.05) is 23.9 Å². The predicted molar refractivity (Wildman–Crippen MR) is 70.5 cm³/mol. The minimum absolute atomic E-state index is 0.0308. The van der Waals surface area contributed by atoms with Crippen LogP contribution in [0, 0.1) is 0 Å². The SMILES string of the molecule is C=CC(c1ccnc(Cl)c1)c1cccnc1Cl. The molecule has 0 aromatic carbocycles. The summed E-state index contributed by atoms with van der Waals surface area (Å²) in [6, 6.07) is 7.47. The molecule has 0 aliphatic heterocycles. The Hall–Kier alpha value is -1.38. The van der Waals surface area contributed by atoms with E-state index in [1.807, 2.05) is 24.3 Å². The highest BCUT2D eigenvalue weighted by molar-refractivity contribution is 6.30. The van der Waals surface area contributed by atoms with Crippen molar-refractivity contribution in [1.29, 1.82) is 0 Å². The Labute approximate surface area is 110 Å². The van der Waals surface area contributed by atoms with Crippen molar-refractivity contribution in [2.75, 3.05) is 0 Å². The molecule has 2 nitrogen and oxygen atoms in total. The van der Waals surface area contributed by atoms with E-state index in [4.69, 9.17) is 23.2 Å². The normalized spacial score (nSPS) is 12.1. The van der Waals surface area contributed by atoms with Crippen LogP contribution in [-0.2, 0) is 0 Å². The van der Waals surface area contributed by atoms with Crippen molar-refractivity contribution in [2.24, 2.45) is 0 Å². The Kier molecular flexibility index (Phi) is 3.77. The van der Waals surface area contributed by atoms with E-state index in [1.54, 1.807) is 18.5 Å². The number of rotatable bonds is 3. The van der Waals surface area contributed by atoms with Crippen molar-refractivity contribution in [3.05, 3.63) is 70.7 Å². The molecule has 0 saturated heterocycles. The average molecular weight is 265 g/mol. The van der Waals surface area contributed by atoms with E-state index in [2.05, 4.69) is 16.5 Å². The van der Waals surface area contributed by atoms with Crippen molar-refractivity contribution in [1.82, 2.24) is 9.97 Å². The minimum Gasteiger partial charge on any atom is -0.245 e. The third-order valence-electron chi connectivity index (χ3n) is 2.47. The molecule has 0 radical (unpaired) electrons. The molecule has 0 amide bonds. The summed E-state index contributed by atoms with van der Waals surface area (Å²) >= 11 is 12.0. The van der Waals surface area contributed by atoms with Crippen LogP contribution in [0.3, 0.4) is 0 Å². The van der Waals surface area contributed by atoms with Gasteiger partial charge < -0.3 is 0 Å². The average Bonchev–Trinajstić information content (AvgIpc) is 2.33. The van der Waals surface area contributed by atoms with Crippen molar-refractivity contribution in [3.8, 4) is 0 Å². The number of hydrogen-bond donors (Lipinski definition) is 0. The van der Waals surface area contributed by atoms with Gasteiger partial charge in [-0.25, -0.2) is 9.97 Å². The highest BCUT2D eigenvalue weighted by Crippen LogP contribution is 2.30. The molecule has 2 aromatic rings. The van der Waals surface area contributed by atoms with Gasteiger partial charge in [0.05, 0.1) is 0 Å². The molecule has 0 fully saturated rings. The molecule has 0 aliphatic carbocycles. The molecule has 1 atom stereocenters. The maximum atomic E-state index is 6.08. The summed E-state index contributed by atoms with van der Waals surface area (Å²) in [4.78, 5) is 8.02. The van der Waals surface area contributed by atoms with Gasteiger partial charge in [0.15, 0.2) is 0 Å².